The predicted octanol–water partition coefficient (Wildman–Crippen LogP) is -0.633. The molecule has 3 N–H and O–H groups in total. The summed E-state index contributed by atoms with van der Waals surface area (Å²) in [6.45, 7) is 5.37. The minimum Gasteiger partial charge on any atom is -0.463 e. The number of hydrogen-bond donors (Lipinski definition) is 3. The fourth-order valence-electron chi connectivity index (χ4n) is 3.02. The highest BCUT2D eigenvalue weighted by Crippen LogP contribution is 2.13. The molecule has 1 aliphatic rings. The lowest BCUT2D eigenvalue weighted by atomic mass is 10.2. The number of carbonyl (C=O) groups excluding carboxylic acids is 1. The minimum absolute atomic E-state index is 0.0765. The average Bonchev–Trinajstić information content (AvgIpc) is 3.12. The molecule has 1 saturated heterocycles. The molecule has 7 heteroatoms. The Hall–Kier alpha value is -2.15. The zero-order valence-corrected chi connectivity index (χ0v) is 14.8. The van der Waals surface area contributed by atoms with Crippen LogP contribution in [0.25, 0.3) is 0 Å². The Morgan fingerprint density at radius 2 is 1.92 bits per heavy atom. The number of piperazine rings is 1. The van der Waals surface area contributed by atoms with Crippen LogP contribution in [0, 0.1) is 0 Å². The molecule has 1 amide bonds. The number of hydrogen-bond acceptors (Lipinski definition) is 3. The van der Waals surface area contributed by atoms with Gasteiger partial charge in [0.25, 0.3) is 5.91 Å². The summed E-state index contributed by atoms with van der Waals surface area (Å²) in [5.41, 5.74) is 3.74. The Morgan fingerprint density at radius 1 is 1.16 bits per heavy atom. The fourth-order valence-corrected chi connectivity index (χ4v) is 3.22. The van der Waals surface area contributed by atoms with Crippen LogP contribution in [-0.4, -0.2) is 44.8 Å². The molecule has 0 unspecified atom stereocenters. The van der Waals surface area contributed by atoms with E-state index in [4.69, 9.17) is 16.0 Å². The second-order valence-corrected chi connectivity index (χ2v) is 6.66. The van der Waals surface area contributed by atoms with Crippen molar-refractivity contribution in [3.63, 3.8) is 0 Å². The fraction of sp³-hybridized carbons (Fsp3) is 0.333. The summed E-state index contributed by atoms with van der Waals surface area (Å²) in [6, 6.07) is 11.6. The second-order valence-electron chi connectivity index (χ2n) is 6.25. The molecule has 1 aromatic heterocycles. The molecule has 1 aromatic carbocycles. The van der Waals surface area contributed by atoms with Crippen LogP contribution in [0.2, 0.25) is 5.02 Å². The lowest BCUT2D eigenvalue weighted by Gasteiger charge is -2.29. The normalized spacial score (nSPS) is 20.7. The van der Waals surface area contributed by atoms with E-state index >= 15 is 0 Å². The zero-order chi connectivity index (χ0) is 17.5. The highest BCUT2D eigenvalue weighted by atomic mass is 35.5. The van der Waals surface area contributed by atoms with Crippen LogP contribution in [0.15, 0.2) is 52.2 Å². The third-order valence-electron chi connectivity index (χ3n) is 4.40. The molecular formula is C18H23ClN4O2+2. The van der Waals surface area contributed by atoms with E-state index in [1.54, 1.807) is 18.4 Å². The number of nitrogens with one attached hydrogen (secondary N) is 3. The largest absolute Gasteiger partial charge is 0.463 e. The number of furan rings is 1. The smallest absolute Gasteiger partial charge is 0.295 e. The van der Waals surface area contributed by atoms with E-state index in [1.165, 1.54) is 21.6 Å². The van der Waals surface area contributed by atoms with Crippen molar-refractivity contribution in [2.24, 2.45) is 5.10 Å². The third kappa shape index (κ3) is 5.42. The molecule has 1 fully saturated rings. The third-order valence-corrected chi connectivity index (χ3v) is 4.77. The Labute approximate surface area is 152 Å². The second kappa shape index (κ2) is 8.80. The summed E-state index contributed by atoms with van der Waals surface area (Å²) in [5.74, 6) is 0.539. The van der Waals surface area contributed by atoms with Crippen molar-refractivity contribution in [3.8, 4) is 0 Å². The van der Waals surface area contributed by atoms with Gasteiger partial charge in [0, 0.05) is 10.6 Å². The van der Waals surface area contributed by atoms with Gasteiger partial charge in [0.05, 0.1) is 12.5 Å². The van der Waals surface area contributed by atoms with Crippen molar-refractivity contribution < 1.29 is 19.0 Å². The molecule has 0 saturated carbocycles. The van der Waals surface area contributed by atoms with E-state index in [0.29, 0.717) is 12.3 Å². The van der Waals surface area contributed by atoms with E-state index in [0.717, 1.165) is 37.7 Å². The summed E-state index contributed by atoms with van der Waals surface area (Å²) in [7, 11) is 0. The highest BCUT2D eigenvalue weighted by molar-refractivity contribution is 6.31. The van der Waals surface area contributed by atoms with Crippen LogP contribution >= 0.6 is 11.6 Å². The quantitative estimate of drug-likeness (QED) is 0.473. The monoisotopic (exact) mass is 362 g/mol. The summed E-state index contributed by atoms with van der Waals surface area (Å²) in [5, 5.41) is 4.74. The summed E-state index contributed by atoms with van der Waals surface area (Å²) >= 11 is 6.23. The number of benzene rings is 1. The van der Waals surface area contributed by atoms with Crippen molar-refractivity contribution in [1.29, 1.82) is 0 Å². The van der Waals surface area contributed by atoms with Gasteiger partial charge in [-0.25, -0.2) is 5.43 Å². The number of rotatable bonds is 6. The highest BCUT2D eigenvalue weighted by Gasteiger charge is 2.25. The molecule has 6 nitrogen and oxygen atoms in total. The lowest BCUT2D eigenvalue weighted by molar-refractivity contribution is -1.02. The number of halogens is 1. The maximum atomic E-state index is 12.0. The zero-order valence-electron chi connectivity index (χ0n) is 14.0. The Morgan fingerprint density at radius 3 is 2.64 bits per heavy atom. The first-order valence-corrected chi connectivity index (χ1v) is 8.84. The van der Waals surface area contributed by atoms with Crippen LogP contribution in [0.3, 0.4) is 0 Å². The molecule has 0 spiro atoms. The van der Waals surface area contributed by atoms with Crippen molar-refractivity contribution in [2.45, 2.75) is 6.54 Å². The maximum Gasteiger partial charge on any atom is 0.295 e. The van der Waals surface area contributed by atoms with Gasteiger partial charge in [0.2, 0.25) is 0 Å². The van der Waals surface area contributed by atoms with Crippen molar-refractivity contribution in [1.82, 2.24) is 5.43 Å². The molecular weight excluding hydrogens is 340 g/mol. The van der Waals surface area contributed by atoms with Gasteiger partial charge in [-0.1, -0.05) is 29.8 Å². The molecule has 0 bridgehead atoms. The van der Waals surface area contributed by atoms with E-state index in [9.17, 15) is 4.79 Å². The number of hydrazone groups is 1. The van der Waals surface area contributed by atoms with E-state index in [-0.39, 0.29) is 5.91 Å². The molecule has 25 heavy (non-hydrogen) atoms. The van der Waals surface area contributed by atoms with Crippen molar-refractivity contribution in [3.05, 3.63) is 59.0 Å². The SMILES string of the molecule is O=C(C[NH+]1CC[NH+](Cc2ccccc2Cl)CC1)NN=Cc1ccco1. The topological polar surface area (TPSA) is 63.5 Å². The molecule has 0 radical (unpaired) electrons. The predicted molar refractivity (Wildman–Crippen MR) is 95.9 cm³/mol. The van der Waals surface area contributed by atoms with Crippen LogP contribution in [0.4, 0.5) is 0 Å². The van der Waals surface area contributed by atoms with E-state index in [1.807, 2.05) is 18.2 Å². The summed E-state index contributed by atoms with van der Waals surface area (Å²) < 4.78 is 5.12. The maximum absolute atomic E-state index is 12.0. The van der Waals surface area contributed by atoms with Gasteiger partial charge in [-0.05, 0) is 18.2 Å². The number of nitrogens with zero attached hydrogens (tertiary/aromatic N) is 1. The first kappa shape index (κ1) is 17.7. The van der Waals surface area contributed by atoms with Gasteiger partial charge in [0.1, 0.15) is 38.5 Å². The first-order valence-electron chi connectivity index (χ1n) is 8.46. The number of quaternary nitrogens is 2. The molecule has 0 aliphatic carbocycles. The summed E-state index contributed by atoms with van der Waals surface area (Å²) in [6.07, 6.45) is 3.07. The van der Waals surface area contributed by atoms with Gasteiger partial charge in [-0.3, -0.25) is 4.79 Å². The Balaban J connectivity index is 1.38. The molecule has 132 valence electrons. The van der Waals surface area contributed by atoms with Gasteiger partial charge >= 0.3 is 0 Å². The Kier molecular flexibility index (Phi) is 6.22. The molecule has 3 rings (SSSR count). The average molecular weight is 363 g/mol. The molecule has 1 aliphatic heterocycles. The van der Waals surface area contributed by atoms with Crippen molar-refractivity contribution >= 4 is 23.7 Å². The van der Waals surface area contributed by atoms with Crippen LogP contribution in [0.5, 0.6) is 0 Å². The number of amides is 1. The standard InChI is InChI=1S/C18H21ClN4O2/c19-17-6-2-1-4-15(17)13-22-7-9-23(10-8-22)14-18(24)21-20-12-16-5-3-11-25-16/h1-6,11-12H,7-10,13-14H2,(H,21,24)/p+2. The van der Waals surface area contributed by atoms with Crippen LogP contribution in [0.1, 0.15) is 11.3 Å². The van der Waals surface area contributed by atoms with Crippen LogP contribution < -0.4 is 15.2 Å². The lowest BCUT2D eigenvalue weighted by Crippen LogP contribution is -3.28. The number of carbonyl (C=O) groups is 1. The van der Waals surface area contributed by atoms with Gasteiger partial charge in [-0.15, -0.1) is 0 Å². The summed E-state index contributed by atoms with van der Waals surface area (Å²) in [4.78, 5) is 14.7. The van der Waals surface area contributed by atoms with Crippen molar-refractivity contribution in [2.75, 3.05) is 32.7 Å². The molecule has 2 aromatic rings. The Bertz CT molecular complexity index is 710. The van der Waals surface area contributed by atoms with Gasteiger partial charge in [0.15, 0.2) is 6.54 Å². The van der Waals surface area contributed by atoms with Gasteiger partial charge in [-0.2, -0.15) is 5.10 Å². The van der Waals surface area contributed by atoms with Crippen LogP contribution in [-0.2, 0) is 11.3 Å². The molecule has 2 heterocycles. The van der Waals surface area contributed by atoms with Gasteiger partial charge < -0.3 is 14.2 Å². The molecule has 0 atom stereocenters. The van der Waals surface area contributed by atoms with E-state index in [2.05, 4.69) is 16.6 Å². The minimum atomic E-state index is -0.0765. The first-order chi connectivity index (χ1) is 12.2. The van der Waals surface area contributed by atoms with E-state index < -0.39 is 0 Å².